The number of aromatic nitrogens is 2. The molecular formula is C12H11ClN2. The molecular weight excluding hydrogens is 208 g/mol. The van der Waals surface area contributed by atoms with Crippen LogP contribution in [0, 0.1) is 0 Å². The molecule has 3 heteroatoms. The van der Waals surface area contributed by atoms with E-state index in [-0.39, 0.29) is 0 Å². The highest BCUT2D eigenvalue weighted by Crippen LogP contribution is 2.28. The lowest BCUT2D eigenvalue weighted by atomic mass is 9.98. The monoisotopic (exact) mass is 218 g/mol. The van der Waals surface area contributed by atoms with E-state index in [0.717, 1.165) is 18.0 Å². The molecule has 1 unspecified atom stereocenters. The Morgan fingerprint density at radius 3 is 2.80 bits per heavy atom. The fourth-order valence-corrected chi connectivity index (χ4v) is 2.30. The number of hydrogen-bond acceptors (Lipinski definition) is 1. The number of nitrogens with zero attached hydrogens (tertiary/aromatic N) is 2. The average Bonchev–Trinajstić information content (AvgIpc) is 2.78. The summed E-state index contributed by atoms with van der Waals surface area (Å²) in [6.07, 6.45) is 4.95. The van der Waals surface area contributed by atoms with Crippen LogP contribution in [0.4, 0.5) is 0 Å². The van der Waals surface area contributed by atoms with Gasteiger partial charge in [-0.1, -0.05) is 23.7 Å². The van der Waals surface area contributed by atoms with Crippen molar-refractivity contribution in [3.05, 3.63) is 53.1 Å². The summed E-state index contributed by atoms with van der Waals surface area (Å²) in [4.78, 5) is 4.33. The van der Waals surface area contributed by atoms with Gasteiger partial charge in [-0.3, -0.25) is 0 Å². The van der Waals surface area contributed by atoms with E-state index in [0.29, 0.717) is 5.92 Å². The van der Waals surface area contributed by atoms with Crippen LogP contribution in [-0.4, -0.2) is 9.55 Å². The minimum atomic E-state index is 0.561. The van der Waals surface area contributed by atoms with E-state index < -0.39 is 0 Å². The van der Waals surface area contributed by atoms with Crippen molar-refractivity contribution in [1.82, 2.24) is 9.55 Å². The zero-order chi connectivity index (χ0) is 10.3. The zero-order valence-electron chi connectivity index (χ0n) is 8.23. The Labute approximate surface area is 93.5 Å². The molecule has 0 bridgehead atoms. The Morgan fingerprint density at radius 2 is 2.07 bits per heavy atom. The van der Waals surface area contributed by atoms with Gasteiger partial charge in [0.2, 0.25) is 0 Å². The van der Waals surface area contributed by atoms with Gasteiger partial charge in [-0.25, -0.2) is 4.98 Å². The molecule has 0 aliphatic carbocycles. The fourth-order valence-electron chi connectivity index (χ4n) is 2.18. The highest BCUT2D eigenvalue weighted by atomic mass is 35.5. The minimum absolute atomic E-state index is 0.561. The van der Waals surface area contributed by atoms with E-state index in [4.69, 9.17) is 11.6 Å². The van der Waals surface area contributed by atoms with Crippen LogP contribution in [0.1, 0.15) is 17.3 Å². The smallest absolute Gasteiger partial charge is 0.109 e. The summed E-state index contributed by atoms with van der Waals surface area (Å²) in [5, 5.41) is 0.800. The molecule has 1 aromatic carbocycles. The predicted molar refractivity (Wildman–Crippen MR) is 60.1 cm³/mol. The lowest BCUT2D eigenvalue weighted by Gasteiger charge is -2.08. The highest BCUT2D eigenvalue weighted by molar-refractivity contribution is 6.30. The van der Waals surface area contributed by atoms with Gasteiger partial charge in [0.05, 0.1) is 0 Å². The summed E-state index contributed by atoms with van der Waals surface area (Å²) in [5.74, 6) is 1.75. The first-order chi connectivity index (χ1) is 7.33. The van der Waals surface area contributed by atoms with E-state index in [1.165, 1.54) is 11.4 Å². The second-order valence-electron chi connectivity index (χ2n) is 3.95. The summed E-state index contributed by atoms with van der Waals surface area (Å²) in [7, 11) is 0. The molecule has 2 nitrogen and oxygen atoms in total. The molecule has 15 heavy (non-hydrogen) atoms. The van der Waals surface area contributed by atoms with Gasteiger partial charge in [-0.2, -0.15) is 0 Å². The minimum Gasteiger partial charge on any atom is -0.334 e. The number of hydrogen-bond donors (Lipinski definition) is 0. The van der Waals surface area contributed by atoms with Gasteiger partial charge in [0.25, 0.3) is 0 Å². The van der Waals surface area contributed by atoms with Crippen molar-refractivity contribution < 1.29 is 0 Å². The molecule has 2 heterocycles. The van der Waals surface area contributed by atoms with Crippen LogP contribution in [0.5, 0.6) is 0 Å². The Hall–Kier alpha value is -1.28. The lowest BCUT2D eigenvalue weighted by molar-refractivity contribution is 0.652. The van der Waals surface area contributed by atoms with Gasteiger partial charge in [0, 0.05) is 36.3 Å². The van der Waals surface area contributed by atoms with Crippen LogP contribution in [0.15, 0.2) is 36.7 Å². The first-order valence-corrected chi connectivity index (χ1v) is 5.46. The maximum atomic E-state index is 5.87. The third-order valence-corrected chi connectivity index (χ3v) is 3.24. The maximum Gasteiger partial charge on any atom is 0.109 e. The summed E-state index contributed by atoms with van der Waals surface area (Å²) in [6, 6.07) is 8.13. The third-order valence-electron chi connectivity index (χ3n) is 2.99. The molecule has 1 aliphatic heterocycles. The van der Waals surface area contributed by atoms with Crippen molar-refractivity contribution >= 4 is 11.6 Å². The first kappa shape index (κ1) is 8.98. The Bertz CT molecular complexity index is 452. The number of halogens is 1. The summed E-state index contributed by atoms with van der Waals surface area (Å²) in [6.45, 7) is 1.04. The number of benzene rings is 1. The fraction of sp³-hybridized carbons (Fsp3) is 0.250. The van der Waals surface area contributed by atoms with Crippen LogP contribution in [0.3, 0.4) is 0 Å². The van der Waals surface area contributed by atoms with Crippen LogP contribution < -0.4 is 0 Å². The Morgan fingerprint density at radius 1 is 1.27 bits per heavy atom. The summed E-state index contributed by atoms with van der Waals surface area (Å²) < 4.78 is 2.22. The van der Waals surface area contributed by atoms with Crippen LogP contribution in [0.25, 0.3) is 0 Å². The van der Waals surface area contributed by atoms with Crippen LogP contribution in [-0.2, 0) is 13.0 Å². The van der Waals surface area contributed by atoms with Crippen molar-refractivity contribution in [1.29, 1.82) is 0 Å². The van der Waals surface area contributed by atoms with Gasteiger partial charge in [-0.05, 0) is 17.7 Å². The van der Waals surface area contributed by atoms with Gasteiger partial charge in [0.15, 0.2) is 0 Å². The molecule has 0 fully saturated rings. The molecule has 76 valence electrons. The van der Waals surface area contributed by atoms with Gasteiger partial charge >= 0.3 is 0 Å². The van der Waals surface area contributed by atoms with E-state index in [9.17, 15) is 0 Å². The van der Waals surface area contributed by atoms with Crippen molar-refractivity contribution in [2.24, 2.45) is 0 Å². The van der Waals surface area contributed by atoms with Gasteiger partial charge < -0.3 is 4.57 Å². The molecule has 1 aromatic heterocycles. The van der Waals surface area contributed by atoms with Crippen LogP contribution in [0.2, 0.25) is 5.02 Å². The van der Waals surface area contributed by atoms with E-state index >= 15 is 0 Å². The molecule has 1 atom stereocenters. The molecule has 0 radical (unpaired) electrons. The standard InChI is InChI=1S/C12H11ClN2/c13-11-3-1-9(2-4-11)10-7-12-14-5-6-15(12)8-10/h1-6,10H,7-8H2. The quantitative estimate of drug-likeness (QED) is 0.720. The van der Waals surface area contributed by atoms with E-state index in [1.54, 1.807) is 0 Å². The van der Waals surface area contributed by atoms with Crippen LogP contribution >= 0.6 is 11.6 Å². The number of rotatable bonds is 1. The SMILES string of the molecule is Clc1ccc(C2Cc3nccn3C2)cc1. The first-order valence-electron chi connectivity index (χ1n) is 5.08. The maximum absolute atomic E-state index is 5.87. The average molecular weight is 219 g/mol. The number of fused-ring (bicyclic) bond motifs is 1. The molecule has 0 saturated carbocycles. The topological polar surface area (TPSA) is 17.8 Å². The molecule has 3 rings (SSSR count). The third kappa shape index (κ3) is 1.55. The molecule has 0 amide bonds. The Kier molecular flexibility index (Phi) is 2.03. The van der Waals surface area contributed by atoms with Crippen molar-refractivity contribution in [2.75, 3.05) is 0 Å². The molecule has 0 saturated heterocycles. The van der Waals surface area contributed by atoms with E-state index in [1.807, 2.05) is 24.5 Å². The summed E-state index contributed by atoms with van der Waals surface area (Å²) >= 11 is 5.87. The predicted octanol–water partition coefficient (Wildman–Crippen LogP) is 2.88. The second kappa shape index (κ2) is 3.38. The molecule has 2 aromatic rings. The van der Waals surface area contributed by atoms with Crippen molar-refractivity contribution in [2.45, 2.75) is 18.9 Å². The van der Waals surface area contributed by atoms with E-state index in [2.05, 4.69) is 21.7 Å². The highest BCUT2D eigenvalue weighted by Gasteiger charge is 2.22. The lowest BCUT2D eigenvalue weighted by Crippen LogP contribution is -1.99. The Balaban J connectivity index is 1.87. The van der Waals surface area contributed by atoms with Gasteiger partial charge in [-0.15, -0.1) is 0 Å². The molecule has 0 spiro atoms. The van der Waals surface area contributed by atoms with Gasteiger partial charge in [0.1, 0.15) is 5.82 Å². The zero-order valence-corrected chi connectivity index (χ0v) is 8.98. The molecule has 1 aliphatic rings. The molecule has 0 N–H and O–H groups in total. The van der Waals surface area contributed by atoms with Crippen molar-refractivity contribution in [3.63, 3.8) is 0 Å². The van der Waals surface area contributed by atoms with Crippen molar-refractivity contribution in [3.8, 4) is 0 Å². The summed E-state index contributed by atoms with van der Waals surface area (Å²) in [5.41, 5.74) is 1.35. The number of imidazole rings is 1. The largest absolute Gasteiger partial charge is 0.334 e. The normalized spacial score (nSPS) is 19.1. The second-order valence-corrected chi connectivity index (χ2v) is 4.38.